The summed E-state index contributed by atoms with van der Waals surface area (Å²) in [6.45, 7) is 0.861. The van der Waals surface area contributed by atoms with Gasteiger partial charge >= 0.3 is 6.18 Å². The lowest BCUT2D eigenvalue weighted by Crippen LogP contribution is -2.49. The lowest BCUT2D eigenvalue weighted by atomic mass is 10.1. The maximum Gasteiger partial charge on any atom is 0.416 e. The highest BCUT2D eigenvalue weighted by atomic mass is 35.5. The molecule has 1 aliphatic rings. The van der Waals surface area contributed by atoms with Crippen LogP contribution in [-0.4, -0.2) is 50.3 Å². The number of rotatable bonds is 8. The highest BCUT2D eigenvalue weighted by Gasteiger charge is 2.33. The van der Waals surface area contributed by atoms with E-state index in [9.17, 15) is 30.4 Å². The fourth-order valence-electron chi connectivity index (χ4n) is 4.14. The van der Waals surface area contributed by atoms with Crippen molar-refractivity contribution < 1.29 is 35.1 Å². The first-order chi connectivity index (χ1) is 17.9. The van der Waals surface area contributed by atoms with E-state index < -0.39 is 39.5 Å². The first-order valence-electron chi connectivity index (χ1n) is 11.6. The number of hydrogen-bond donors (Lipinski definition) is 0. The quantitative estimate of drug-likeness (QED) is 0.314. The molecule has 1 atom stereocenters. The summed E-state index contributed by atoms with van der Waals surface area (Å²) in [4.78, 5) is 1.74. The molecule has 1 fully saturated rings. The van der Waals surface area contributed by atoms with Gasteiger partial charge < -0.3 is 4.74 Å². The summed E-state index contributed by atoms with van der Waals surface area (Å²) in [5, 5.41) is 0.509. The maximum absolute atomic E-state index is 14.1. The van der Waals surface area contributed by atoms with Crippen LogP contribution < -0.4 is 0 Å². The molecule has 1 heterocycles. The normalized spacial score (nSPS) is 16.5. The highest BCUT2D eigenvalue weighted by Crippen LogP contribution is 2.31. The van der Waals surface area contributed by atoms with Crippen LogP contribution in [0.25, 0.3) is 0 Å². The van der Waals surface area contributed by atoms with Crippen LogP contribution in [-0.2, 0) is 27.5 Å². The maximum atomic E-state index is 14.1. The van der Waals surface area contributed by atoms with Crippen LogP contribution in [0, 0.1) is 11.6 Å². The molecule has 4 rings (SSSR count). The zero-order valence-corrected chi connectivity index (χ0v) is 21.5. The third kappa shape index (κ3) is 6.70. The van der Waals surface area contributed by atoms with Crippen LogP contribution in [0.4, 0.5) is 22.0 Å². The zero-order valence-electron chi connectivity index (χ0n) is 20.0. The van der Waals surface area contributed by atoms with Crippen LogP contribution in [0.3, 0.4) is 0 Å². The molecule has 1 aliphatic heterocycles. The summed E-state index contributed by atoms with van der Waals surface area (Å²) < 4.78 is 99.8. The number of alkyl halides is 3. The molecule has 1 saturated heterocycles. The van der Waals surface area contributed by atoms with E-state index in [-0.39, 0.29) is 30.2 Å². The van der Waals surface area contributed by atoms with Gasteiger partial charge in [-0.2, -0.15) is 17.5 Å². The van der Waals surface area contributed by atoms with Gasteiger partial charge in [0.25, 0.3) is 0 Å². The van der Waals surface area contributed by atoms with Crippen LogP contribution in [0.5, 0.6) is 0 Å². The summed E-state index contributed by atoms with van der Waals surface area (Å²) in [6.07, 6.45) is -5.15. The third-order valence-corrected chi connectivity index (χ3v) is 8.47. The SMILES string of the molecule is O=S(=O)(c1ccc(C(F)(F)F)cc1)N1CCN(CC(OCc2c(F)cccc2F)c2ccc(Cl)cc2)CC1. The average Bonchev–Trinajstić information content (AvgIpc) is 2.88. The standard InChI is InChI=1S/C26H24ClF5N2O3S/c27-20-8-4-18(5-9-20)25(37-17-22-23(28)2-1-3-24(22)29)16-33-12-14-34(15-13-33)38(35,36)21-10-6-19(7-11-21)26(30,31)32/h1-11,25H,12-17H2. The smallest absolute Gasteiger partial charge is 0.367 e. The first kappa shape index (κ1) is 28.4. The van der Waals surface area contributed by atoms with E-state index in [1.807, 2.05) is 4.90 Å². The molecule has 0 amide bonds. The van der Waals surface area contributed by atoms with E-state index in [2.05, 4.69) is 0 Å². The average molecular weight is 575 g/mol. The van der Waals surface area contributed by atoms with Crippen molar-refractivity contribution in [2.24, 2.45) is 0 Å². The summed E-state index contributed by atoms with van der Waals surface area (Å²) in [6, 6.07) is 13.8. The number of ether oxygens (including phenoxy) is 1. The topological polar surface area (TPSA) is 49.9 Å². The van der Waals surface area contributed by atoms with E-state index in [1.165, 1.54) is 10.4 Å². The van der Waals surface area contributed by atoms with Crippen LogP contribution >= 0.6 is 11.6 Å². The van der Waals surface area contributed by atoms with Crippen molar-refractivity contribution >= 4 is 21.6 Å². The third-order valence-electron chi connectivity index (χ3n) is 6.31. The van der Waals surface area contributed by atoms with Crippen molar-refractivity contribution in [3.05, 3.63) is 100 Å². The van der Waals surface area contributed by atoms with Crippen LogP contribution in [0.2, 0.25) is 5.02 Å². The number of piperazine rings is 1. The molecule has 3 aromatic carbocycles. The molecule has 12 heteroatoms. The van der Waals surface area contributed by atoms with Gasteiger partial charge in [0.15, 0.2) is 0 Å². The molecule has 204 valence electrons. The Morgan fingerprint density at radius 3 is 2.00 bits per heavy atom. The van der Waals surface area contributed by atoms with Crippen LogP contribution in [0.15, 0.2) is 71.6 Å². The fourth-order valence-corrected chi connectivity index (χ4v) is 5.69. The molecule has 0 saturated carbocycles. The van der Waals surface area contributed by atoms with Gasteiger partial charge in [-0.25, -0.2) is 17.2 Å². The molecule has 5 nitrogen and oxygen atoms in total. The predicted molar refractivity (Wildman–Crippen MR) is 132 cm³/mol. The van der Waals surface area contributed by atoms with Gasteiger partial charge in [0.05, 0.1) is 23.2 Å². The van der Waals surface area contributed by atoms with Crippen molar-refractivity contribution in [2.45, 2.75) is 23.8 Å². The number of halogens is 6. The van der Waals surface area contributed by atoms with Crippen molar-refractivity contribution in [1.82, 2.24) is 9.21 Å². The lowest BCUT2D eigenvalue weighted by molar-refractivity contribution is -0.137. The van der Waals surface area contributed by atoms with Gasteiger partial charge in [-0.05, 0) is 54.1 Å². The molecule has 0 aliphatic carbocycles. The lowest BCUT2D eigenvalue weighted by Gasteiger charge is -2.36. The van der Waals surface area contributed by atoms with E-state index >= 15 is 0 Å². The van der Waals surface area contributed by atoms with Gasteiger partial charge in [-0.15, -0.1) is 0 Å². The number of nitrogens with zero attached hydrogens (tertiary/aromatic N) is 2. The number of sulfonamides is 1. The molecule has 0 spiro atoms. The molecular weight excluding hydrogens is 551 g/mol. The van der Waals surface area contributed by atoms with Crippen molar-refractivity contribution in [2.75, 3.05) is 32.7 Å². The van der Waals surface area contributed by atoms with Gasteiger partial charge in [-0.1, -0.05) is 29.8 Å². The Labute approximate surface area is 222 Å². The molecule has 0 N–H and O–H groups in total. The second-order valence-corrected chi connectivity index (χ2v) is 11.2. The summed E-state index contributed by atoms with van der Waals surface area (Å²) in [5.74, 6) is -1.44. The Bertz CT molecular complexity index is 1320. The van der Waals surface area contributed by atoms with Gasteiger partial charge in [0, 0.05) is 43.3 Å². The summed E-state index contributed by atoms with van der Waals surface area (Å²) >= 11 is 5.99. The number of hydrogen-bond acceptors (Lipinski definition) is 4. The minimum atomic E-state index is -4.56. The second-order valence-electron chi connectivity index (χ2n) is 8.78. The summed E-state index contributed by atoms with van der Waals surface area (Å²) in [7, 11) is -3.98. The largest absolute Gasteiger partial charge is 0.416 e. The Kier molecular flexibility index (Phi) is 8.73. The van der Waals surface area contributed by atoms with E-state index in [0.717, 1.165) is 42.0 Å². The van der Waals surface area contributed by atoms with Gasteiger partial charge in [-0.3, -0.25) is 4.90 Å². The monoisotopic (exact) mass is 574 g/mol. The fraction of sp³-hybridized carbons (Fsp3) is 0.308. The van der Waals surface area contributed by atoms with Gasteiger partial charge in [0.1, 0.15) is 11.6 Å². The molecule has 0 bridgehead atoms. The first-order valence-corrected chi connectivity index (χ1v) is 13.5. The van der Waals surface area contributed by atoms with Crippen molar-refractivity contribution in [3.63, 3.8) is 0 Å². The second kappa shape index (κ2) is 11.7. The molecule has 38 heavy (non-hydrogen) atoms. The predicted octanol–water partition coefficient (Wildman–Crippen LogP) is 5.90. The molecule has 1 unspecified atom stereocenters. The van der Waals surface area contributed by atoms with Crippen LogP contribution in [0.1, 0.15) is 22.8 Å². The Hall–Kier alpha value is -2.57. The Morgan fingerprint density at radius 2 is 1.45 bits per heavy atom. The van der Waals surface area contributed by atoms with E-state index in [1.54, 1.807) is 24.3 Å². The molecule has 0 radical (unpaired) electrons. The van der Waals surface area contributed by atoms with Gasteiger partial charge in [0.2, 0.25) is 10.0 Å². The zero-order chi connectivity index (χ0) is 27.5. The highest BCUT2D eigenvalue weighted by molar-refractivity contribution is 7.89. The van der Waals surface area contributed by atoms with E-state index in [0.29, 0.717) is 24.7 Å². The Morgan fingerprint density at radius 1 is 0.868 bits per heavy atom. The molecule has 0 aromatic heterocycles. The van der Waals surface area contributed by atoms with Crippen molar-refractivity contribution in [1.29, 1.82) is 0 Å². The Balaban J connectivity index is 1.43. The molecular formula is C26H24ClF5N2O3S. The minimum absolute atomic E-state index is 0.110. The number of benzene rings is 3. The summed E-state index contributed by atoms with van der Waals surface area (Å²) in [5.41, 5.74) is -0.394. The minimum Gasteiger partial charge on any atom is -0.367 e. The van der Waals surface area contributed by atoms with Crippen molar-refractivity contribution in [3.8, 4) is 0 Å². The molecule has 3 aromatic rings. The van der Waals surface area contributed by atoms with E-state index in [4.69, 9.17) is 16.3 Å².